The minimum atomic E-state index is -0.629. The van der Waals surface area contributed by atoms with Gasteiger partial charge in [0.2, 0.25) is 0 Å². The average molecular weight is 324 g/mol. The van der Waals surface area contributed by atoms with Gasteiger partial charge in [0.15, 0.2) is 5.71 Å². The maximum atomic E-state index is 12.0. The molecular weight excluding hydrogens is 304 g/mol. The number of benzene rings is 1. The van der Waals surface area contributed by atoms with Gasteiger partial charge in [-0.05, 0) is 23.6 Å². The van der Waals surface area contributed by atoms with Crippen molar-refractivity contribution < 1.29 is 9.90 Å². The first-order valence-electron chi connectivity index (χ1n) is 8.01. The summed E-state index contributed by atoms with van der Waals surface area (Å²) in [6, 6.07) is 8.38. The van der Waals surface area contributed by atoms with E-state index in [0.29, 0.717) is 6.54 Å². The fourth-order valence-electron chi connectivity index (χ4n) is 2.83. The Morgan fingerprint density at radius 3 is 3.08 bits per heavy atom. The van der Waals surface area contributed by atoms with Gasteiger partial charge in [0.1, 0.15) is 0 Å². The summed E-state index contributed by atoms with van der Waals surface area (Å²) < 4.78 is 0. The lowest BCUT2D eigenvalue weighted by Crippen LogP contribution is -2.43. The molecule has 2 heterocycles. The van der Waals surface area contributed by atoms with Crippen LogP contribution in [0.3, 0.4) is 0 Å². The molecule has 0 saturated heterocycles. The topological polar surface area (TPSA) is 77.3 Å². The summed E-state index contributed by atoms with van der Waals surface area (Å²) in [5.41, 5.74) is 2.89. The monoisotopic (exact) mass is 324 g/mol. The van der Waals surface area contributed by atoms with Crippen molar-refractivity contribution in [1.29, 1.82) is 0 Å². The molecule has 1 atom stereocenters. The summed E-state index contributed by atoms with van der Waals surface area (Å²) >= 11 is 0. The fourth-order valence-corrected chi connectivity index (χ4v) is 2.83. The van der Waals surface area contributed by atoms with E-state index in [2.05, 4.69) is 44.5 Å². The molecule has 0 radical (unpaired) electrons. The number of aliphatic hydroxyl groups excluding tert-OH is 1. The standard InChI is InChI=1S/C18H20N4O2/c23-16(11-19-18(24)17-7-3-4-9-20-21-17)13-22-10-8-14-5-1-2-6-15(14)12-22/h1-7,16,23H,8,10-13H2,(H,19,24). The van der Waals surface area contributed by atoms with Crippen LogP contribution in [0.4, 0.5) is 0 Å². The van der Waals surface area contributed by atoms with Gasteiger partial charge in [-0.2, -0.15) is 0 Å². The normalized spacial score (nSPS) is 17.8. The minimum absolute atomic E-state index is 0.182. The lowest BCUT2D eigenvalue weighted by molar-refractivity contribution is -0.115. The SMILES string of the molecule is O=C(NCC(O)CN1CCc2ccccc2C1)C1=NN=C=CC=C1. The molecule has 24 heavy (non-hydrogen) atoms. The van der Waals surface area contributed by atoms with Gasteiger partial charge in [0.05, 0.1) is 6.10 Å². The molecule has 0 aliphatic carbocycles. The molecule has 0 spiro atoms. The minimum Gasteiger partial charge on any atom is -0.390 e. The smallest absolute Gasteiger partial charge is 0.271 e. The molecule has 0 aromatic heterocycles. The highest BCUT2D eigenvalue weighted by molar-refractivity contribution is 6.43. The molecule has 124 valence electrons. The van der Waals surface area contributed by atoms with Gasteiger partial charge >= 0.3 is 0 Å². The Labute approximate surface area is 140 Å². The van der Waals surface area contributed by atoms with Crippen LogP contribution in [0.5, 0.6) is 0 Å². The first-order valence-corrected chi connectivity index (χ1v) is 8.01. The third kappa shape index (κ3) is 4.26. The van der Waals surface area contributed by atoms with Crippen molar-refractivity contribution in [1.82, 2.24) is 10.2 Å². The van der Waals surface area contributed by atoms with Crippen LogP contribution in [0.15, 0.2) is 52.7 Å². The second kappa shape index (κ2) is 7.84. The first-order chi connectivity index (χ1) is 11.7. The zero-order valence-corrected chi connectivity index (χ0v) is 13.4. The van der Waals surface area contributed by atoms with Crippen molar-refractivity contribution in [2.24, 2.45) is 10.2 Å². The molecular formula is C18H20N4O2. The van der Waals surface area contributed by atoms with Crippen LogP contribution in [0.2, 0.25) is 0 Å². The van der Waals surface area contributed by atoms with Crippen LogP contribution in [0.1, 0.15) is 11.1 Å². The highest BCUT2D eigenvalue weighted by Gasteiger charge is 2.19. The lowest BCUT2D eigenvalue weighted by atomic mass is 10.00. The van der Waals surface area contributed by atoms with E-state index in [1.54, 1.807) is 18.2 Å². The first kappa shape index (κ1) is 16.3. The van der Waals surface area contributed by atoms with Crippen molar-refractivity contribution in [2.45, 2.75) is 19.1 Å². The van der Waals surface area contributed by atoms with Crippen LogP contribution in [0.25, 0.3) is 0 Å². The number of amides is 1. The summed E-state index contributed by atoms with van der Waals surface area (Å²) in [4.78, 5) is 14.2. The molecule has 1 amide bonds. The van der Waals surface area contributed by atoms with Gasteiger partial charge < -0.3 is 10.4 Å². The number of nitrogens with zero attached hydrogens (tertiary/aromatic N) is 3. The highest BCUT2D eigenvalue weighted by atomic mass is 16.3. The van der Waals surface area contributed by atoms with Crippen molar-refractivity contribution in [3.8, 4) is 0 Å². The van der Waals surface area contributed by atoms with E-state index < -0.39 is 6.10 Å². The van der Waals surface area contributed by atoms with Crippen molar-refractivity contribution in [2.75, 3.05) is 19.6 Å². The summed E-state index contributed by atoms with van der Waals surface area (Å²) in [6.07, 6.45) is 5.15. The van der Waals surface area contributed by atoms with E-state index in [1.165, 1.54) is 11.1 Å². The molecule has 1 aromatic rings. The molecule has 6 heteroatoms. The Morgan fingerprint density at radius 1 is 1.38 bits per heavy atom. The number of nitrogens with one attached hydrogen (secondary N) is 1. The molecule has 0 saturated carbocycles. The number of allylic oxidation sites excluding steroid dienone is 2. The maximum absolute atomic E-state index is 12.0. The van der Waals surface area contributed by atoms with Crippen molar-refractivity contribution in [3.63, 3.8) is 0 Å². The van der Waals surface area contributed by atoms with Crippen molar-refractivity contribution in [3.05, 3.63) is 53.6 Å². The predicted octanol–water partition coefficient (Wildman–Crippen LogP) is 0.673. The number of rotatable bonds is 5. The van der Waals surface area contributed by atoms with Gasteiger partial charge in [-0.15, -0.1) is 10.2 Å². The van der Waals surface area contributed by atoms with Crippen LogP contribution in [-0.2, 0) is 17.8 Å². The Hall–Kier alpha value is -2.53. The number of carbonyl (C=O) groups is 1. The fraction of sp³-hybridized carbons (Fsp3) is 0.333. The van der Waals surface area contributed by atoms with E-state index in [0.717, 1.165) is 19.5 Å². The van der Waals surface area contributed by atoms with E-state index in [4.69, 9.17) is 0 Å². The lowest BCUT2D eigenvalue weighted by Gasteiger charge is -2.30. The molecule has 6 nitrogen and oxygen atoms in total. The maximum Gasteiger partial charge on any atom is 0.271 e. The average Bonchev–Trinajstić information content (AvgIpc) is 2.89. The van der Waals surface area contributed by atoms with Crippen LogP contribution >= 0.6 is 0 Å². The second-order valence-electron chi connectivity index (χ2n) is 5.86. The molecule has 0 bridgehead atoms. The van der Waals surface area contributed by atoms with Crippen molar-refractivity contribution >= 4 is 17.5 Å². The zero-order valence-electron chi connectivity index (χ0n) is 13.4. The third-order valence-corrected chi connectivity index (χ3v) is 4.05. The number of hydrogen-bond donors (Lipinski definition) is 2. The molecule has 2 aliphatic heterocycles. The summed E-state index contributed by atoms with van der Waals surface area (Å²) in [5.74, 6) is 2.20. The molecule has 3 rings (SSSR count). The largest absolute Gasteiger partial charge is 0.390 e. The Morgan fingerprint density at radius 2 is 2.21 bits per heavy atom. The molecule has 1 unspecified atom stereocenters. The predicted molar refractivity (Wildman–Crippen MR) is 93.0 cm³/mol. The van der Waals surface area contributed by atoms with Gasteiger partial charge in [-0.3, -0.25) is 9.69 Å². The summed E-state index contributed by atoms with van der Waals surface area (Å²) in [5, 5.41) is 20.2. The van der Waals surface area contributed by atoms with E-state index in [9.17, 15) is 9.90 Å². The van der Waals surface area contributed by atoms with E-state index in [-0.39, 0.29) is 18.2 Å². The Balaban J connectivity index is 1.46. The molecule has 2 N–H and O–H groups in total. The number of hydrogen-bond acceptors (Lipinski definition) is 5. The number of carbonyl (C=O) groups excluding carboxylic acids is 1. The third-order valence-electron chi connectivity index (χ3n) is 4.05. The number of fused-ring (bicyclic) bond motifs is 1. The van der Waals surface area contributed by atoms with Gasteiger partial charge in [0, 0.05) is 38.1 Å². The van der Waals surface area contributed by atoms with E-state index >= 15 is 0 Å². The Kier molecular flexibility index (Phi) is 5.33. The van der Waals surface area contributed by atoms with Crippen LogP contribution < -0.4 is 5.32 Å². The second-order valence-corrected chi connectivity index (χ2v) is 5.86. The molecule has 1 aromatic carbocycles. The van der Waals surface area contributed by atoms with Crippen LogP contribution in [-0.4, -0.2) is 53.2 Å². The summed E-state index contributed by atoms with van der Waals surface area (Å²) in [7, 11) is 0. The molecule has 2 aliphatic rings. The summed E-state index contributed by atoms with van der Waals surface area (Å²) in [6.45, 7) is 2.45. The number of aliphatic hydroxyl groups is 1. The Bertz CT molecular complexity index is 732. The van der Waals surface area contributed by atoms with Gasteiger partial charge in [-0.25, -0.2) is 0 Å². The number of β-amino-alcohol motifs (C(OH)–C–C–N with tert-alkyl or cyclic N) is 1. The van der Waals surface area contributed by atoms with Gasteiger partial charge in [-0.1, -0.05) is 30.3 Å². The molecule has 0 fully saturated rings. The highest BCUT2D eigenvalue weighted by Crippen LogP contribution is 2.18. The zero-order chi connectivity index (χ0) is 16.8. The van der Waals surface area contributed by atoms with Gasteiger partial charge in [0.25, 0.3) is 5.91 Å². The van der Waals surface area contributed by atoms with Crippen LogP contribution in [0, 0.1) is 0 Å². The van der Waals surface area contributed by atoms with E-state index in [1.807, 2.05) is 6.07 Å². The quantitative estimate of drug-likeness (QED) is 0.836.